The van der Waals surface area contributed by atoms with Crippen LogP contribution in [-0.4, -0.2) is 33.3 Å². The van der Waals surface area contributed by atoms with Crippen molar-refractivity contribution in [2.24, 2.45) is 0 Å². The fourth-order valence-corrected chi connectivity index (χ4v) is 5.23. The van der Waals surface area contributed by atoms with Gasteiger partial charge in [0.2, 0.25) is 0 Å². The standard InChI is InChI=1S/C17H15ClN2O5S2/c1-25-16(21)14-12(9-27(23,24)13-3-2-8-26-13)19-17(22)20-15(14)10-4-6-11(18)7-5-10/h2-8,15H,9H2,1H3,(H2,19,20,22)/t15-/m1/s1. The van der Waals surface area contributed by atoms with Gasteiger partial charge >= 0.3 is 12.0 Å². The highest BCUT2D eigenvalue weighted by molar-refractivity contribution is 7.93. The Morgan fingerprint density at radius 2 is 1.96 bits per heavy atom. The van der Waals surface area contributed by atoms with Crippen LogP contribution in [0.3, 0.4) is 0 Å². The van der Waals surface area contributed by atoms with Crippen molar-refractivity contribution in [3.8, 4) is 0 Å². The third kappa shape index (κ3) is 4.15. The fraction of sp³-hybridized carbons (Fsp3) is 0.176. The van der Waals surface area contributed by atoms with Crippen molar-refractivity contribution in [3.05, 3.63) is 63.6 Å². The molecule has 0 aliphatic carbocycles. The van der Waals surface area contributed by atoms with Crippen LogP contribution in [0.4, 0.5) is 4.79 Å². The third-order valence-electron chi connectivity index (χ3n) is 3.90. The maximum atomic E-state index is 12.6. The van der Waals surface area contributed by atoms with Crippen molar-refractivity contribution in [2.75, 3.05) is 12.9 Å². The van der Waals surface area contributed by atoms with Gasteiger partial charge in [-0.2, -0.15) is 0 Å². The maximum Gasteiger partial charge on any atom is 0.338 e. The molecule has 2 N–H and O–H groups in total. The van der Waals surface area contributed by atoms with Crippen molar-refractivity contribution in [1.29, 1.82) is 0 Å². The Morgan fingerprint density at radius 3 is 2.56 bits per heavy atom. The number of ether oxygens (including phenoxy) is 1. The lowest BCUT2D eigenvalue weighted by atomic mass is 9.95. The lowest BCUT2D eigenvalue weighted by Crippen LogP contribution is -2.47. The Morgan fingerprint density at radius 1 is 1.26 bits per heavy atom. The monoisotopic (exact) mass is 426 g/mol. The Labute approximate surface area is 164 Å². The molecule has 142 valence electrons. The topological polar surface area (TPSA) is 102 Å². The Bertz CT molecular complexity index is 998. The van der Waals surface area contributed by atoms with Crippen LogP contribution < -0.4 is 10.6 Å². The van der Waals surface area contributed by atoms with Crippen LogP contribution in [0, 0.1) is 0 Å². The number of benzene rings is 1. The first kappa shape index (κ1) is 19.4. The molecule has 1 aliphatic rings. The number of halogens is 1. The molecule has 3 rings (SSSR count). The molecule has 0 saturated heterocycles. The van der Waals surface area contributed by atoms with Gasteiger partial charge in [-0.15, -0.1) is 11.3 Å². The van der Waals surface area contributed by atoms with Crippen LogP contribution in [0.5, 0.6) is 0 Å². The number of urea groups is 1. The largest absolute Gasteiger partial charge is 0.466 e. The maximum absolute atomic E-state index is 12.6. The molecule has 0 bridgehead atoms. The number of carbonyl (C=O) groups is 2. The summed E-state index contributed by atoms with van der Waals surface area (Å²) in [5.74, 6) is -1.27. The second kappa shape index (κ2) is 7.71. The number of esters is 1. The van der Waals surface area contributed by atoms with E-state index in [1.54, 1.807) is 35.7 Å². The van der Waals surface area contributed by atoms with Gasteiger partial charge in [-0.3, -0.25) is 0 Å². The van der Waals surface area contributed by atoms with Crippen LogP contribution in [0.2, 0.25) is 5.02 Å². The van der Waals surface area contributed by atoms with E-state index >= 15 is 0 Å². The molecule has 2 amide bonds. The van der Waals surface area contributed by atoms with Crippen molar-refractivity contribution in [1.82, 2.24) is 10.6 Å². The molecule has 0 spiro atoms. The molecule has 1 atom stereocenters. The molecule has 1 aromatic carbocycles. The molecular formula is C17H15ClN2O5S2. The van der Waals surface area contributed by atoms with Crippen LogP contribution >= 0.6 is 22.9 Å². The lowest BCUT2D eigenvalue weighted by molar-refractivity contribution is -0.136. The summed E-state index contributed by atoms with van der Waals surface area (Å²) in [7, 11) is -2.55. The number of hydrogen-bond donors (Lipinski definition) is 2. The van der Waals surface area contributed by atoms with Crippen molar-refractivity contribution in [2.45, 2.75) is 10.3 Å². The number of sulfone groups is 1. The lowest BCUT2D eigenvalue weighted by Gasteiger charge is -2.29. The number of carbonyl (C=O) groups excluding carboxylic acids is 2. The first-order chi connectivity index (χ1) is 12.8. The van der Waals surface area contributed by atoms with E-state index in [1.165, 1.54) is 13.2 Å². The van der Waals surface area contributed by atoms with Crippen molar-refractivity contribution >= 4 is 44.8 Å². The van der Waals surface area contributed by atoms with Crippen LogP contribution in [0.25, 0.3) is 0 Å². The quantitative estimate of drug-likeness (QED) is 0.715. The molecule has 2 heterocycles. The Kier molecular flexibility index (Phi) is 5.54. The summed E-state index contributed by atoms with van der Waals surface area (Å²) in [5.41, 5.74) is 0.583. The minimum Gasteiger partial charge on any atom is -0.466 e. The first-order valence-electron chi connectivity index (χ1n) is 7.72. The average molecular weight is 427 g/mol. The zero-order valence-electron chi connectivity index (χ0n) is 14.1. The normalized spacial score (nSPS) is 17.3. The summed E-state index contributed by atoms with van der Waals surface area (Å²) in [5, 5.41) is 7.19. The summed E-state index contributed by atoms with van der Waals surface area (Å²) < 4.78 is 30.3. The van der Waals surface area contributed by atoms with E-state index in [0.29, 0.717) is 10.6 Å². The molecule has 0 fully saturated rings. The summed E-state index contributed by atoms with van der Waals surface area (Å²) in [4.78, 5) is 24.5. The van der Waals surface area contributed by atoms with E-state index < -0.39 is 33.6 Å². The number of amides is 2. The van der Waals surface area contributed by atoms with Gasteiger partial charge in [-0.05, 0) is 29.1 Å². The van der Waals surface area contributed by atoms with Gasteiger partial charge in [-0.1, -0.05) is 29.8 Å². The molecular weight excluding hydrogens is 412 g/mol. The molecule has 0 unspecified atom stereocenters. The predicted octanol–water partition coefficient (Wildman–Crippen LogP) is 2.66. The molecule has 0 radical (unpaired) electrons. The van der Waals surface area contributed by atoms with Crippen molar-refractivity contribution < 1.29 is 22.7 Å². The van der Waals surface area contributed by atoms with E-state index in [-0.39, 0.29) is 15.5 Å². The molecule has 2 aromatic rings. The number of rotatable bonds is 5. The minimum absolute atomic E-state index is 0.0149. The van der Waals surface area contributed by atoms with E-state index in [1.807, 2.05) is 0 Å². The summed E-state index contributed by atoms with van der Waals surface area (Å²) in [6.07, 6.45) is 0. The van der Waals surface area contributed by atoms with E-state index in [4.69, 9.17) is 16.3 Å². The molecule has 1 aromatic heterocycles. The van der Waals surface area contributed by atoms with Gasteiger partial charge < -0.3 is 15.4 Å². The highest BCUT2D eigenvalue weighted by Crippen LogP contribution is 2.30. The van der Waals surface area contributed by atoms with E-state index in [9.17, 15) is 18.0 Å². The van der Waals surface area contributed by atoms with Gasteiger partial charge in [0.25, 0.3) is 0 Å². The zero-order valence-corrected chi connectivity index (χ0v) is 16.5. The third-order valence-corrected chi connectivity index (χ3v) is 7.28. The molecule has 27 heavy (non-hydrogen) atoms. The minimum atomic E-state index is -3.74. The number of hydrogen-bond acceptors (Lipinski definition) is 6. The Hall–Kier alpha value is -2.36. The van der Waals surface area contributed by atoms with E-state index in [2.05, 4.69) is 10.6 Å². The fourth-order valence-electron chi connectivity index (χ4n) is 2.69. The predicted molar refractivity (Wildman–Crippen MR) is 101 cm³/mol. The highest BCUT2D eigenvalue weighted by atomic mass is 35.5. The second-order valence-corrected chi connectivity index (χ2v) is 9.26. The molecule has 10 heteroatoms. The van der Waals surface area contributed by atoms with Crippen LogP contribution in [-0.2, 0) is 19.4 Å². The molecule has 1 aliphatic heterocycles. The SMILES string of the molecule is COC(=O)C1=C(CS(=O)(=O)c2cccs2)NC(=O)N[C@@H]1c1ccc(Cl)cc1. The molecule has 7 nitrogen and oxygen atoms in total. The zero-order chi connectivity index (χ0) is 19.6. The van der Waals surface area contributed by atoms with Crippen molar-refractivity contribution in [3.63, 3.8) is 0 Å². The van der Waals surface area contributed by atoms with Gasteiger partial charge in [0.1, 0.15) is 4.21 Å². The van der Waals surface area contributed by atoms with E-state index in [0.717, 1.165) is 11.3 Å². The average Bonchev–Trinajstić information content (AvgIpc) is 3.16. The highest BCUT2D eigenvalue weighted by Gasteiger charge is 2.35. The van der Waals surface area contributed by atoms with Gasteiger partial charge in [0.15, 0.2) is 9.84 Å². The smallest absolute Gasteiger partial charge is 0.338 e. The first-order valence-corrected chi connectivity index (χ1v) is 10.6. The Balaban J connectivity index is 2.09. The van der Waals surface area contributed by atoms with Gasteiger partial charge in [-0.25, -0.2) is 18.0 Å². The van der Waals surface area contributed by atoms with Gasteiger partial charge in [0, 0.05) is 10.7 Å². The number of thiophene rings is 1. The summed E-state index contributed by atoms with van der Waals surface area (Å²) in [6, 6.07) is 8.13. The second-order valence-electron chi connectivity index (χ2n) is 5.66. The van der Waals surface area contributed by atoms with Crippen LogP contribution in [0.15, 0.2) is 57.3 Å². The summed E-state index contributed by atoms with van der Waals surface area (Å²) in [6.45, 7) is 0. The molecule has 0 saturated carbocycles. The number of nitrogens with one attached hydrogen (secondary N) is 2. The van der Waals surface area contributed by atoms with Crippen LogP contribution in [0.1, 0.15) is 11.6 Å². The van der Waals surface area contributed by atoms with Gasteiger partial charge in [0.05, 0.1) is 24.5 Å². The number of methoxy groups -OCH3 is 1. The summed E-state index contributed by atoms with van der Waals surface area (Å²) >= 11 is 6.96.